The summed E-state index contributed by atoms with van der Waals surface area (Å²) >= 11 is 0. The average molecular weight is 347 g/mol. The fraction of sp³-hybridized carbons (Fsp3) is 0.941. The van der Waals surface area contributed by atoms with Crippen LogP contribution < -0.4 is 10.6 Å². The molecule has 1 saturated carbocycles. The lowest BCUT2D eigenvalue weighted by Gasteiger charge is -2.28. The van der Waals surface area contributed by atoms with Gasteiger partial charge >= 0.3 is 0 Å². The van der Waals surface area contributed by atoms with Gasteiger partial charge in [0, 0.05) is 31.3 Å². The minimum atomic E-state index is -0.352. The molecule has 2 aliphatic heterocycles. The van der Waals surface area contributed by atoms with Crippen LogP contribution in [0.3, 0.4) is 0 Å². The minimum absolute atomic E-state index is 0. The van der Waals surface area contributed by atoms with Crippen molar-refractivity contribution in [3.05, 3.63) is 0 Å². The zero-order valence-corrected chi connectivity index (χ0v) is 15.0. The van der Waals surface area contributed by atoms with Crippen molar-refractivity contribution < 1.29 is 14.3 Å². The molecular weight excluding hydrogens is 316 g/mol. The number of nitrogens with one attached hydrogen (secondary N) is 2. The van der Waals surface area contributed by atoms with E-state index in [-0.39, 0.29) is 36.1 Å². The molecule has 134 valence electrons. The Balaban J connectivity index is 0.00000192. The van der Waals surface area contributed by atoms with Crippen LogP contribution in [0.4, 0.5) is 0 Å². The molecule has 0 bridgehead atoms. The highest BCUT2D eigenvalue weighted by Gasteiger charge is 2.41. The molecule has 0 radical (unpaired) electrons. The topological polar surface area (TPSA) is 59.6 Å². The minimum Gasteiger partial charge on any atom is -0.353 e. The Morgan fingerprint density at radius 3 is 2.70 bits per heavy atom. The second-order valence-electron chi connectivity index (χ2n) is 7.20. The Bertz CT molecular complexity index is 386. The molecule has 3 atom stereocenters. The van der Waals surface area contributed by atoms with E-state index in [2.05, 4.69) is 17.6 Å². The first-order valence-corrected chi connectivity index (χ1v) is 9.00. The maximum absolute atomic E-state index is 12.3. The summed E-state index contributed by atoms with van der Waals surface area (Å²) in [5.41, 5.74) is 0. The summed E-state index contributed by atoms with van der Waals surface area (Å²) in [6, 6.07) is 0.435. The Hall–Kier alpha value is -0.360. The van der Waals surface area contributed by atoms with Crippen molar-refractivity contribution in [1.29, 1.82) is 0 Å². The van der Waals surface area contributed by atoms with Crippen LogP contribution in [0.25, 0.3) is 0 Å². The summed E-state index contributed by atoms with van der Waals surface area (Å²) in [7, 11) is 0. The van der Waals surface area contributed by atoms with Gasteiger partial charge in [-0.15, -0.1) is 12.4 Å². The third-order valence-electron chi connectivity index (χ3n) is 5.28. The van der Waals surface area contributed by atoms with Gasteiger partial charge in [-0.1, -0.05) is 12.8 Å². The average Bonchev–Trinajstić information content (AvgIpc) is 2.76. The van der Waals surface area contributed by atoms with Crippen LogP contribution in [0, 0.1) is 5.92 Å². The van der Waals surface area contributed by atoms with Crippen molar-refractivity contribution >= 4 is 18.3 Å². The Morgan fingerprint density at radius 1 is 1.26 bits per heavy atom. The molecule has 2 heterocycles. The summed E-state index contributed by atoms with van der Waals surface area (Å²) in [5.74, 6) is -0.0287. The predicted molar refractivity (Wildman–Crippen MR) is 91.7 cm³/mol. The summed E-state index contributed by atoms with van der Waals surface area (Å²) in [6.45, 7) is 4.27. The molecule has 0 aromatic rings. The van der Waals surface area contributed by atoms with E-state index in [1.807, 2.05) is 0 Å². The van der Waals surface area contributed by atoms with Crippen molar-refractivity contribution in [2.75, 3.05) is 19.7 Å². The first-order chi connectivity index (χ1) is 10.7. The highest BCUT2D eigenvalue weighted by molar-refractivity contribution is 5.85. The van der Waals surface area contributed by atoms with Gasteiger partial charge in [-0.05, 0) is 39.2 Å². The second kappa shape index (κ2) is 8.65. The lowest BCUT2D eigenvalue weighted by Crippen LogP contribution is -2.44. The van der Waals surface area contributed by atoms with E-state index < -0.39 is 0 Å². The number of rotatable bonds is 3. The van der Waals surface area contributed by atoms with Gasteiger partial charge in [-0.2, -0.15) is 0 Å². The number of hydrogen-bond acceptors (Lipinski definition) is 4. The quantitative estimate of drug-likeness (QED) is 0.823. The molecule has 1 amide bonds. The number of amides is 1. The standard InChI is InChI=1S/C17H30N2O3.ClH/c1-13-10-14(6-9-18-13)16(20)19-11-15-12-21-17(22-15)7-4-2-3-5-8-17;/h13-15,18H,2-12H2,1H3,(H,19,20);1H/t13-,14-,15?;/m0./s1. The van der Waals surface area contributed by atoms with Crippen LogP contribution >= 0.6 is 12.4 Å². The zero-order valence-electron chi connectivity index (χ0n) is 14.1. The zero-order chi connectivity index (χ0) is 15.4. The van der Waals surface area contributed by atoms with E-state index >= 15 is 0 Å². The van der Waals surface area contributed by atoms with E-state index in [1.165, 1.54) is 25.7 Å². The van der Waals surface area contributed by atoms with Crippen molar-refractivity contribution in [3.63, 3.8) is 0 Å². The fourth-order valence-electron chi connectivity index (χ4n) is 3.98. The van der Waals surface area contributed by atoms with Gasteiger partial charge in [0.25, 0.3) is 0 Å². The molecule has 6 heteroatoms. The molecule has 5 nitrogen and oxygen atoms in total. The largest absolute Gasteiger partial charge is 0.353 e. The van der Waals surface area contributed by atoms with Gasteiger partial charge < -0.3 is 20.1 Å². The van der Waals surface area contributed by atoms with E-state index in [1.54, 1.807) is 0 Å². The molecule has 0 aromatic heterocycles. The molecule has 1 spiro atoms. The van der Waals surface area contributed by atoms with Gasteiger partial charge in [0.05, 0.1) is 6.61 Å². The molecule has 3 fully saturated rings. The Kier molecular flexibility index (Phi) is 7.14. The molecule has 23 heavy (non-hydrogen) atoms. The lowest BCUT2D eigenvalue weighted by atomic mass is 9.92. The summed E-state index contributed by atoms with van der Waals surface area (Å²) in [5, 5.41) is 6.46. The summed E-state index contributed by atoms with van der Waals surface area (Å²) in [6.07, 6.45) is 8.82. The van der Waals surface area contributed by atoms with E-state index in [0.717, 1.165) is 32.2 Å². The second-order valence-corrected chi connectivity index (χ2v) is 7.20. The van der Waals surface area contributed by atoms with Gasteiger partial charge in [0.1, 0.15) is 6.10 Å². The van der Waals surface area contributed by atoms with Crippen LogP contribution in [-0.4, -0.2) is 43.5 Å². The number of halogens is 1. The smallest absolute Gasteiger partial charge is 0.223 e. The van der Waals surface area contributed by atoms with Crippen LogP contribution in [0.15, 0.2) is 0 Å². The normalized spacial score (nSPS) is 33.7. The van der Waals surface area contributed by atoms with E-state index in [9.17, 15) is 4.79 Å². The maximum Gasteiger partial charge on any atom is 0.223 e. The van der Waals surface area contributed by atoms with Gasteiger partial charge in [-0.25, -0.2) is 0 Å². The van der Waals surface area contributed by atoms with Crippen molar-refractivity contribution in [1.82, 2.24) is 10.6 Å². The number of carbonyl (C=O) groups is 1. The lowest BCUT2D eigenvalue weighted by molar-refractivity contribution is -0.175. The highest BCUT2D eigenvalue weighted by Crippen LogP contribution is 2.36. The summed E-state index contributed by atoms with van der Waals surface area (Å²) < 4.78 is 12.2. The van der Waals surface area contributed by atoms with Gasteiger partial charge in [0.15, 0.2) is 5.79 Å². The van der Waals surface area contributed by atoms with Crippen molar-refractivity contribution in [2.45, 2.75) is 76.2 Å². The molecule has 1 aliphatic carbocycles. The van der Waals surface area contributed by atoms with Gasteiger partial charge in [0.2, 0.25) is 5.91 Å². The fourth-order valence-corrected chi connectivity index (χ4v) is 3.98. The number of ether oxygens (including phenoxy) is 2. The number of hydrogen-bond donors (Lipinski definition) is 2. The maximum atomic E-state index is 12.3. The third-order valence-corrected chi connectivity index (χ3v) is 5.28. The molecule has 2 N–H and O–H groups in total. The SMILES string of the molecule is C[C@H]1C[C@@H](C(=O)NCC2COC3(CCCCCC3)O2)CCN1.Cl. The first-order valence-electron chi connectivity index (χ1n) is 9.00. The van der Waals surface area contributed by atoms with Crippen LogP contribution in [0.2, 0.25) is 0 Å². The molecule has 3 aliphatic rings. The third kappa shape index (κ3) is 5.05. The number of piperidine rings is 1. The van der Waals surface area contributed by atoms with Crippen LogP contribution in [0.5, 0.6) is 0 Å². The van der Waals surface area contributed by atoms with Crippen LogP contribution in [0.1, 0.15) is 58.3 Å². The van der Waals surface area contributed by atoms with E-state index in [0.29, 0.717) is 19.2 Å². The molecular formula is C17H31ClN2O3. The molecule has 3 rings (SSSR count). The van der Waals surface area contributed by atoms with Crippen molar-refractivity contribution in [2.24, 2.45) is 5.92 Å². The monoisotopic (exact) mass is 346 g/mol. The Morgan fingerprint density at radius 2 is 2.00 bits per heavy atom. The van der Waals surface area contributed by atoms with Crippen LogP contribution in [-0.2, 0) is 14.3 Å². The predicted octanol–water partition coefficient (Wildman–Crippen LogP) is 2.38. The van der Waals surface area contributed by atoms with E-state index in [4.69, 9.17) is 9.47 Å². The molecule has 2 saturated heterocycles. The first kappa shape index (κ1) is 19.0. The number of carbonyl (C=O) groups excluding carboxylic acids is 1. The van der Waals surface area contributed by atoms with Gasteiger partial charge in [-0.3, -0.25) is 4.79 Å². The van der Waals surface area contributed by atoms with Crippen molar-refractivity contribution in [3.8, 4) is 0 Å². The highest BCUT2D eigenvalue weighted by atomic mass is 35.5. The Labute approximate surface area is 145 Å². The molecule has 1 unspecified atom stereocenters. The summed E-state index contributed by atoms with van der Waals surface area (Å²) in [4.78, 5) is 12.3. The molecule has 0 aromatic carbocycles.